The molecular formula is C37H24N2. The molecule has 0 amide bonds. The summed E-state index contributed by atoms with van der Waals surface area (Å²) in [7, 11) is 0. The molecule has 0 N–H and O–H groups in total. The van der Waals surface area contributed by atoms with E-state index in [1.54, 1.807) is 0 Å². The maximum Gasteiger partial charge on any atom is 0.147 e. The number of nitrogens with zero attached hydrogens (tertiary/aromatic N) is 2. The molecule has 6 aromatic carbocycles. The molecule has 0 unspecified atom stereocenters. The van der Waals surface area contributed by atoms with Crippen molar-refractivity contribution in [2.45, 2.75) is 0 Å². The van der Waals surface area contributed by atoms with Gasteiger partial charge in [-0.2, -0.15) is 0 Å². The molecule has 182 valence electrons. The molecule has 39 heavy (non-hydrogen) atoms. The van der Waals surface area contributed by atoms with E-state index in [0.717, 1.165) is 32.6 Å². The second-order valence-electron chi connectivity index (χ2n) is 10.2. The molecule has 0 aliphatic rings. The highest BCUT2D eigenvalue weighted by atomic mass is 15.0. The number of rotatable bonds is 2. The van der Waals surface area contributed by atoms with Crippen LogP contribution in [0.2, 0.25) is 0 Å². The molecule has 0 aliphatic carbocycles. The monoisotopic (exact) mass is 496 g/mol. The van der Waals surface area contributed by atoms with Crippen LogP contribution in [0.1, 0.15) is 0 Å². The highest BCUT2D eigenvalue weighted by Crippen LogP contribution is 2.38. The van der Waals surface area contributed by atoms with Gasteiger partial charge in [0.25, 0.3) is 0 Å². The number of allylic oxidation sites excluding steroid dienone is 1. The van der Waals surface area contributed by atoms with Crippen molar-refractivity contribution in [1.82, 2.24) is 9.38 Å². The summed E-state index contributed by atoms with van der Waals surface area (Å²) in [4.78, 5) is 5.17. The molecule has 8 rings (SSSR count). The minimum absolute atomic E-state index is 0.996. The number of para-hydroxylation sites is 2. The Morgan fingerprint density at radius 2 is 1.33 bits per heavy atom. The van der Waals surface area contributed by atoms with Crippen LogP contribution in [0.15, 0.2) is 122 Å². The van der Waals surface area contributed by atoms with Crippen molar-refractivity contribution in [3.05, 3.63) is 132 Å². The predicted molar refractivity (Wildman–Crippen MR) is 168 cm³/mol. The van der Waals surface area contributed by atoms with Gasteiger partial charge in [0.1, 0.15) is 5.65 Å². The van der Waals surface area contributed by atoms with Gasteiger partial charge in [-0.25, -0.2) is 4.98 Å². The quantitative estimate of drug-likeness (QED) is 0.221. The molecule has 0 atom stereocenters. The first-order valence-electron chi connectivity index (χ1n) is 13.2. The van der Waals surface area contributed by atoms with E-state index < -0.39 is 0 Å². The first-order valence-corrected chi connectivity index (χ1v) is 13.2. The number of fused-ring (bicyclic) bond motifs is 11. The Kier molecular flexibility index (Phi) is 4.56. The van der Waals surface area contributed by atoms with Crippen molar-refractivity contribution >= 4 is 72.6 Å². The number of benzene rings is 6. The lowest BCUT2D eigenvalue weighted by atomic mass is 9.96. The average Bonchev–Trinajstić information content (AvgIpc) is 3.38. The van der Waals surface area contributed by atoms with Crippen molar-refractivity contribution < 1.29 is 0 Å². The minimum Gasteiger partial charge on any atom is -0.292 e. The van der Waals surface area contributed by atoms with E-state index in [2.05, 4.69) is 127 Å². The van der Waals surface area contributed by atoms with Crippen LogP contribution < -0.4 is 10.4 Å². The van der Waals surface area contributed by atoms with Crippen LogP contribution in [-0.4, -0.2) is 9.38 Å². The Labute approximate surface area is 225 Å². The zero-order valence-corrected chi connectivity index (χ0v) is 21.4. The topological polar surface area (TPSA) is 17.3 Å². The normalized spacial score (nSPS) is 12.5. The van der Waals surface area contributed by atoms with Gasteiger partial charge in [0.05, 0.1) is 16.6 Å². The van der Waals surface area contributed by atoms with Crippen LogP contribution in [0.3, 0.4) is 0 Å². The van der Waals surface area contributed by atoms with Gasteiger partial charge < -0.3 is 0 Å². The average molecular weight is 497 g/mol. The molecule has 0 aliphatic heterocycles. The van der Waals surface area contributed by atoms with Gasteiger partial charge in [0, 0.05) is 10.8 Å². The van der Waals surface area contributed by atoms with Crippen LogP contribution in [0.25, 0.3) is 83.7 Å². The summed E-state index contributed by atoms with van der Waals surface area (Å²) in [5.41, 5.74) is 6.61. The number of hydrogen-bond donors (Lipinski definition) is 0. The summed E-state index contributed by atoms with van der Waals surface area (Å²) in [6.45, 7) is 8.17. The van der Waals surface area contributed by atoms with Crippen molar-refractivity contribution in [2.24, 2.45) is 0 Å². The maximum atomic E-state index is 5.17. The van der Waals surface area contributed by atoms with Gasteiger partial charge in [-0.1, -0.05) is 110 Å². The van der Waals surface area contributed by atoms with Gasteiger partial charge in [0.2, 0.25) is 0 Å². The molecule has 0 saturated carbocycles. The molecule has 0 fully saturated rings. The molecular weight excluding hydrogens is 472 g/mol. The molecule has 2 aromatic heterocycles. The van der Waals surface area contributed by atoms with Crippen LogP contribution in [0.4, 0.5) is 0 Å². The number of pyridine rings is 1. The predicted octanol–water partition coefficient (Wildman–Crippen LogP) is 8.14. The minimum atomic E-state index is 0.996. The highest BCUT2D eigenvalue weighted by molar-refractivity contribution is 6.23. The summed E-state index contributed by atoms with van der Waals surface area (Å²) >= 11 is 0. The fourth-order valence-corrected chi connectivity index (χ4v) is 6.18. The second kappa shape index (κ2) is 8.14. The third-order valence-corrected chi connectivity index (χ3v) is 8.01. The van der Waals surface area contributed by atoms with E-state index in [1.165, 1.54) is 48.8 Å². The van der Waals surface area contributed by atoms with E-state index >= 15 is 0 Å². The van der Waals surface area contributed by atoms with Gasteiger partial charge >= 0.3 is 0 Å². The Morgan fingerprint density at radius 1 is 0.615 bits per heavy atom. The SMILES string of the molecule is C=C/C=c1\c(=C)ccc2ccc(-c3ccc4c5ccc6ccccc6c5c5nc6ccccc6n5c4c3)cc12. The summed E-state index contributed by atoms with van der Waals surface area (Å²) in [6, 6.07) is 39.2. The first kappa shape index (κ1) is 21.8. The van der Waals surface area contributed by atoms with Gasteiger partial charge in [0.15, 0.2) is 0 Å². The Hall–Kier alpha value is -5.21. The van der Waals surface area contributed by atoms with Crippen molar-refractivity contribution in [3.63, 3.8) is 0 Å². The van der Waals surface area contributed by atoms with E-state index in [0.29, 0.717) is 0 Å². The maximum absolute atomic E-state index is 5.17. The molecule has 2 nitrogen and oxygen atoms in total. The second-order valence-corrected chi connectivity index (χ2v) is 10.2. The lowest BCUT2D eigenvalue weighted by Gasteiger charge is -2.13. The zero-order valence-electron chi connectivity index (χ0n) is 21.4. The fraction of sp³-hybridized carbons (Fsp3) is 0. The Bertz CT molecular complexity index is 2430. The summed E-state index contributed by atoms with van der Waals surface area (Å²) in [5.74, 6) is 0. The van der Waals surface area contributed by atoms with Crippen LogP contribution in [-0.2, 0) is 0 Å². The van der Waals surface area contributed by atoms with E-state index in [4.69, 9.17) is 4.98 Å². The number of imidazole rings is 1. The molecule has 0 radical (unpaired) electrons. The molecule has 2 heteroatoms. The first-order chi connectivity index (χ1) is 19.2. The van der Waals surface area contributed by atoms with Gasteiger partial charge in [-0.15, -0.1) is 0 Å². The zero-order chi connectivity index (χ0) is 26.1. The smallest absolute Gasteiger partial charge is 0.147 e. The number of aromatic nitrogens is 2. The lowest BCUT2D eigenvalue weighted by Crippen LogP contribution is -2.23. The Morgan fingerprint density at radius 3 is 2.26 bits per heavy atom. The highest BCUT2D eigenvalue weighted by Gasteiger charge is 2.16. The molecule has 2 heterocycles. The van der Waals surface area contributed by atoms with Gasteiger partial charge in [-0.05, 0) is 72.8 Å². The van der Waals surface area contributed by atoms with Crippen molar-refractivity contribution in [3.8, 4) is 11.1 Å². The van der Waals surface area contributed by atoms with Crippen molar-refractivity contribution in [1.29, 1.82) is 0 Å². The molecule has 0 spiro atoms. The van der Waals surface area contributed by atoms with E-state index in [1.807, 2.05) is 12.2 Å². The third-order valence-electron chi connectivity index (χ3n) is 8.01. The largest absolute Gasteiger partial charge is 0.292 e. The fourth-order valence-electron chi connectivity index (χ4n) is 6.18. The van der Waals surface area contributed by atoms with Crippen molar-refractivity contribution in [2.75, 3.05) is 0 Å². The van der Waals surface area contributed by atoms with Crippen LogP contribution in [0, 0.1) is 0 Å². The lowest BCUT2D eigenvalue weighted by molar-refractivity contribution is 1.32. The standard InChI is InChI=1S/C37H24N2/c1-3-8-28-23(2)13-14-25-15-16-26(21-32(25)28)27-18-19-30-31-20-17-24-9-4-5-10-29(24)36(31)37-38-33-11-6-7-12-34(33)39(37)35(30)22-27/h3-22H,1-2H2/b28-8+. The Balaban J connectivity index is 1.52. The molecule has 0 bridgehead atoms. The summed E-state index contributed by atoms with van der Waals surface area (Å²) in [6.07, 6.45) is 3.88. The third kappa shape index (κ3) is 3.12. The number of hydrogen-bond acceptors (Lipinski definition) is 1. The van der Waals surface area contributed by atoms with Gasteiger partial charge in [-0.3, -0.25) is 4.40 Å². The summed E-state index contributed by atoms with van der Waals surface area (Å²) < 4.78 is 2.34. The van der Waals surface area contributed by atoms with E-state index in [-0.39, 0.29) is 0 Å². The molecule has 8 aromatic rings. The van der Waals surface area contributed by atoms with E-state index in [9.17, 15) is 0 Å². The summed E-state index contributed by atoms with van der Waals surface area (Å²) in [5, 5.41) is 10.6. The van der Waals surface area contributed by atoms with Crippen LogP contribution >= 0.6 is 0 Å². The molecule has 0 saturated heterocycles. The van der Waals surface area contributed by atoms with Crippen LogP contribution in [0.5, 0.6) is 0 Å².